The number of sulfonamides is 1. The summed E-state index contributed by atoms with van der Waals surface area (Å²) in [6.07, 6.45) is -7.71. The fourth-order valence-corrected chi connectivity index (χ4v) is 3.20. The van der Waals surface area contributed by atoms with E-state index in [-0.39, 0.29) is 10.0 Å². The Kier molecular flexibility index (Phi) is 5.31. The van der Waals surface area contributed by atoms with Gasteiger partial charge in [-0.1, -0.05) is 23.2 Å². The van der Waals surface area contributed by atoms with E-state index in [2.05, 4.69) is 0 Å². The molecule has 1 N–H and O–H groups in total. The minimum Gasteiger partial charge on any atom is -0.382 e. The lowest BCUT2D eigenvalue weighted by Gasteiger charge is -2.22. The highest BCUT2D eigenvalue weighted by atomic mass is 35.5. The number of benzene rings is 1. The second-order valence-electron chi connectivity index (χ2n) is 3.92. The maximum atomic E-state index is 12.2. The number of aliphatic hydroxyl groups excluding tert-OH is 1. The summed E-state index contributed by atoms with van der Waals surface area (Å²) in [5.74, 6) is 0. The molecular weight excluding hydrogens is 342 g/mol. The highest BCUT2D eigenvalue weighted by Gasteiger charge is 2.40. The SMILES string of the molecule is CN(CC(O)C(F)(F)F)S(=O)(=O)c1cc(Cl)ccc1Cl. The molecule has 1 aromatic rings. The van der Waals surface area contributed by atoms with Crippen LogP contribution in [-0.4, -0.2) is 43.7 Å². The zero-order chi connectivity index (χ0) is 15.7. The molecule has 114 valence electrons. The number of rotatable bonds is 4. The average Bonchev–Trinajstić information content (AvgIpc) is 2.30. The molecule has 20 heavy (non-hydrogen) atoms. The Morgan fingerprint density at radius 2 is 1.90 bits per heavy atom. The summed E-state index contributed by atoms with van der Waals surface area (Å²) in [5.41, 5.74) is 0. The Morgan fingerprint density at radius 1 is 1.35 bits per heavy atom. The van der Waals surface area contributed by atoms with Crippen molar-refractivity contribution in [3.8, 4) is 0 Å². The Hall–Kier alpha value is -0.540. The molecule has 0 aliphatic heterocycles. The Morgan fingerprint density at radius 3 is 2.40 bits per heavy atom. The number of hydrogen-bond acceptors (Lipinski definition) is 3. The normalized spacial score (nSPS) is 14.6. The monoisotopic (exact) mass is 351 g/mol. The number of likely N-dealkylation sites (N-methyl/N-ethyl adjacent to an activating group) is 1. The van der Waals surface area contributed by atoms with Crippen molar-refractivity contribution in [1.29, 1.82) is 0 Å². The fourth-order valence-electron chi connectivity index (χ4n) is 1.29. The lowest BCUT2D eigenvalue weighted by molar-refractivity contribution is -0.204. The highest BCUT2D eigenvalue weighted by Crippen LogP contribution is 2.28. The third kappa shape index (κ3) is 3.98. The topological polar surface area (TPSA) is 57.6 Å². The molecule has 0 aliphatic rings. The van der Waals surface area contributed by atoms with Crippen LogP contribution in [0.2, 0.25) is 10.0 Å². The van der Waals surface area contributed by atoms with E-state index in [0.29, 0.717) is 4.31 Å². The standard InChI is InChI=1S/C10H10Cl2F3NO3S/c1-16(5-9(17)10(13,14)15)20(18,19)8-4-6(11)2-3-7(8)12/h2-4,9,17H,5H2,1H3. The molecule has 0 spiro atoms. The van der Waals surface area contributed by atoms with E-state index in [4.69, 9.17) is 28.3 Å². The van der Waals surface area contributed by atoms with Crippen LogP contribution in [-0.2, 0) is 10.0 Å². The molecule has 0 saturated carbocycles. The van der Waals surface area contributed by atoms with E-state index >= 15 is 0 Å². The maximum absolute atomic E-state index is 12.2. The molecule has 1 aromatic carbocycles. The molecule has 0 radical (unpaired) electrons. The third-order valence-corrected chi connectivity index (χ3v) is 4.93. The lowest BCUT2D eigenvalue weighted by atomic mass is 10.3. The molecule has 0 amide bonds. The van der Waals surface area contributed by atoms with Gasteiger partial charge in [0.05, 0.1) is 5.02 Å². The van der Waals surface area contributed by atoms with Crippen molar-refractivity contribution in [3.05, 3.63) is 28.2 Å². The number of halogens is 5. The molecule has 0 aromatic heterocycles. The van der Waals surface area contributed by atoms with E-state index in [0.717, 1.165) is 13.1 Å². The van der Waals surface area contributed by atoms with Gasteiger partial charge in [-0.2, -0.15) is 17.5 Å². The van der Waals surface area contributed by atoms with Crippen LogP contribution in [0.5, 0.6) is 0 Å². The summed E-state index contributed by atoms with van der Waals surface area (Å²) >= 11 is 11.3. The summed E-state index contributed by atoms with van der Waals surface area (Å²) in [6.45, 7) is -1.14. The van der Waals surface area contributed by atoms with Gasteiger partial charge >= 0.3 is 6.18 Å². The number of alkyl halides is 3. The minimum atomic E-state index is -4.91. The molecule has 1 unspecified atom stereocenters. The Bertz CT molecular complexity index is 592. The van der Waals surface area contributed by atoms with Crippen molar-refractivity contribution >= 4 is 33.2 Å². The number of aliphatic hydroxyl groups is 1. The van der Waals surface area contributed by atoms with Gasteiger partial charge in [-0.15, -0.1) is 0 Å². The van der Waals surface area contributed by atoms with Gasteiger partial charge in [0.1, 0.15) is 4.90 Å². The predicted octanol–water partition coefficient (Wildman–Crippen LogP) is 2.54. The molecule has 0 fully saturated rings. The summed E-state index contributed by atoms with van der Waals surface area (Å²) in [5, 5.41) is 8.79. The second-order valence-corrected chi connectivity index (χ2v) is 6.77. The van der Waals surface area contributed by atoms with Crippen LogP contribution in [0, 0.1) is 0 Å². The zero-order valence-corrected chi connectivity index (χ0v) is 12.4. The highest BCUT2D eigenvalue weighted by molar-refractivity contribution is 7.89. The van der Waals surface area contributed by atoms with Gasteiger partial charge in [-0.25, -0.2) is 8.42 Å². The first-order valence-corrected chi connectivity index (χ1v) is 7.32. The number of nitrogens with zero attached hydrogens (tertiary/aromatic N) is 1. The first-order chi connectivity index (χ1) is 8.96. The first-order valence-electron chi connectivity index (χ1n) is 5.12. The van der Waals surface area contributed by atoms with Crippen LogP contribution in [0.1, 0.15) is 0 Å². The van der Waals surface area contributed by atoms with Gasteiger partial charge in [-0.05, 0) is 18.2 Å². The van der Waals surface area contributed by atoms with Crippen molar-refractivity contribution < 1.29 is 26.7 Å². The summed E-state index contributed by atoms with van der Waals surface area (Å²) < 4.78 is 61.2. The second kappa shape index (κ2) is 6.07. The summed E-state index contributed by atoms with van der Waals surface area (Å²) in [7, 11) is -3.39. The molecule has 0 saturated heterocycles. The van der Waals surface area contributed by atoms with Crippen molar-refractivity contribution in [2.24, 2.45) is 0 Å². The van der Waals surface area contributed by atoms with Gasteiger partial charge in [0.15, 0.2) is 6.10 Å². The van der Waals surface area contributed by atoms with Gasteiger partial charge in [0.2, 0.25) is 10.0 Å². The molecule has 1 rings (SSSR count). The van der Waals surface area contributed by atoms with Crippen molar-refractivity contribution in [2.45, 2.75) is 17.2 Å². The summed E-state index contributed by atoms with van der Waals surface area (Å²) in [6, 6.07) is 3.58. The molecule has 4 nitrogen and oxygen atoms in total. The van der Waals surface area contributed by atoms with Crippen LogP contribution in [0.3, 0.4) is 0 Å². The molecule has 1 atom stereocenters. The first kappa shape index (κ1) is 17.5. The molecular formula is C10H10Cl2F3NO3S. The van der Waals surface area contributed by atoms with Crippen LogP contribution in [0.15, 0.2) is 23.1 Å². The molecule has 0 aliphatic carbocycles. The average molecular weight is 352 g/mol. The van der Waals surface area contributed by atoms with Gasteiger partial charge in [0, 0.05) is 18.6 Å². The van der Waals surface area contributed by atoms with E-state index in [1.165, 1.54) is 12.1 Å². The zero-order valence-electron chi connectivity index (χ0n) is 10.0. The predicted molar refractivity (Wildman–Crippen MR) is 68.3 cm³/mol. The molecule has 0 bridgehead atoms. The van der Waals surface area contributed by atoms with E-state index < -0.39 is 33.7 Å². The van der Waals surface area contributed by atoms with E-state index in [9.17, 15) is 21.6 Å². The third-order valence-electron chi connectivity index (χ3n) is 2.39. The Labute approximate surface area is 123 Å². The van der Waals surface area contributed by atoms with Crippen LogP contribution >= 0.6 is 23.2 Å². The molecule has 0 heterocycles. The van der Waals surface area contributed by atoms with Crippen LogP contribution < -0.4 is 0 Å². The quantitative estimate of drug-likeness (QED) is 0.906. The Balaban J connectivity index is 3.08. The van der Waals surface area contributed by atoms with Crippen molar-refractivity contribution in [2.75, 3.05) is 13.6 Å². The van der Waals surface area contributed by atoms with Crippen LogP contribution in [0.25, 0.3) is 0 Å². The van der Waals surface area contributed by atoms with E-state index in [1.807, 2.05) is 0 Å². The van der Waals surface area contributed by atoms with Crippen molar-refractivity contribution in [3.63, 3.8) is 0 Å². The van der Waals surface area contributed by atoms with E-state index in [1.54, 1.807) is 0 Å². The molecule has 10 heteroatoms. The fraction of sp³-hybridized carbons (Fsp3) is 0.400. The smallest absolute Gasteiger partial charge is 0.382 e. The summed E-state index contributed by atoms with van der Waals surface area (Å²) in [4.78, 5) is -0.427. The minimum absolute atomic E-state index is 0.0674. The van der Waals surface area contributed by atoms with Crippen molar-refractivity contribution in [1.82, 2.24) is 4.31 Å². The lowest BCUT2D eigenvalue weighted by Crippen LogP contribution is -2.41. The van der Waals surface area contributed by atoms with Gasteiger partial charge in [-0.3, -0.25) is 0 Å². The van der Waals surface area contributed by atoms with Crippen LogP contribution in [0.4, 0.5) is 13.2 Å². The number of hydrogen-bond donors (Lipinski definition) is 1. The van der Waals surface area contributed by atoms with Gasteiger partial charge in [0.25, 0.3) is 0 Å². The largest absolute Gasteiger partial charge is 0.415 e. The maximum Gasteiger partial charge on any atom is 0.415 e. The van der Waals surface area contributed by atoms with Gasteiger partial charge < -0.3 is 5.11 Å².